The van der Waals surface area contributed by atoms with E-state index in [1.807, 2.05) is 37.3 Å². The van der Waals surface area contributed by atoms with Gasteiger partial charge in [-0.15, -0.1) is 0 Å². The average molecular weight is 270 g/mol. The average Bonchev–Trinajstić information content (AvgIpc) is 2.48. The van der Waals surface area contributed by atoms with E-state index in [1.165, 1.54) is 0 Å². The van der Waals surface area contributed by atoms with E-state index in [9.17, 15) is 4.79 Å². The van der Waals surface area contributed by atoms with Gasteiger partial charge in [0, 0.05) is 17.8 Å². The first kappa shape index (κ1) is 13.9. The minimum atomic E-state index is -0.132. The van der Waals surface area contributed by atoms with Crippen LogP contribution in [0, 0.1) is 6.92 Å². The van der Waals surface area contributed by atoms with Crippen molar-refractivity contribution in [3.8, 4) is 5.75 Å². The molecule has 0 aliphatic heterocycles. The van der Waals surface area contributed by atoms with Crippen molar-refractivity contribution in [3.05, 3.63) is 59.2 Å². The number of aryl methyl sites for hydroxylation is 1. The smallest absolute Gasteiger partial charge is 0.251 e. The maximum atomic E-state index is 12.0. The first-order chi connectivity index (χ1) is 9.60. The Kier molecular flexibility index (Phi) is 4.25. The lowest BCUT2D eigenvalue weighted by Crippen LogP contribution is -2.22. The standard InChI is InChI=1S/C16H18N2O2/c1-11-3-6-13(9-15(11)17)16(19)18-10-12-4-7-14(20-2)8-5-12/h3-9H,10,17H2,1-2H3,(H,18,19). The van der Waals surface area contributed by atoms with Crippen LogP contribution in [0.5, 0.6) is 5.75 Å². The van der Waals surface area contributed by atoms with Gasteiger partial charge in [0.05, 0.1) is 7.11 Å². The van der Waals surface area contributed by atoms with Crippen LogP contribution >= 0.6 is 0 Å². The summed E-state index contributed by atoms with van der Waals surface area (Å²) in [5, 5.41) is 2.86. The maximum absolute atomic E-state index is 12.0. The van der Waals surface area contributed by atoms with Gasteiger partial charge >= 0.3 is 0 Å². The topological polar surface area (TPSA) is 64.3 Å². The van der Waals surface area contributed by atoms with E-state index >= 15 is 0 Å². The van der Waals surface area contributed by atoms with Gasteiger partial charge in [0.2, 0.25) is 0 Å². The second kappa shape index (κ2) is 6.10. The fourth-order valence-corrected chi connectivity index (χ4v) is 1.81. The van der Waals surface area contributed by atoms with Crippen LogP contribution in [0.25, 0.3) is 0 Å². The van der Waals surface area contributed by atoms with Crippen LogP contribution in [0.15, 0.2) is 42.5 Å². The van der Waals surface area contributed by atoms with E-state index in [1.54, 1.807) is 19.2 Å². The van der Waals surface area contributed by atoms with Crippen LogP contribution in [0.1, 0.15) is 21.5 Å². The molecule has 3 N–H and O–H groups in total. The van der Waals surface area contributed by atoms with Crippen LogP contribution in [0.2, 0.25) is 0 Å². The summed E-state index contributed by atoms with van der Waals surface area (Å²) in [7, 11) is 1.62. The molecular weight excluding hydrogens is 252 g/mol. The highest BCUT2D eigenvalue weighted by atomic mass is 16.5. The number of ether oxygens (including phenoxy) is 1. The summed E-state index contributed by atoms with van der Waals surface area (Å²) in [5.74, 6) is 0.666. The Morgan fingerprint density at radius 1 is 1.20 bits per heavy atom. The van der Waals surface area contributed by atoms with Crippen LogP contribution in [-0.2, 0) is 6.54 Å². The highest BCUT2D eigenvalue weighted by Gasteiger charge is 2.06. The number of methoxy groups -OCH3 is 1. The van der Waals surface area contributed by atoms with Gasteiger partial charge in [-0.1, -0.05) is 18.2 Å². The van der Waals surface area contributed by atoms with Crippen molar-refractivity contribution in [1.29, 1.82) is 0 Å². The monoisotopic (exact) mass is 270 g/mol. The number of anilines is 1. The van der Waals surface area contributed by atoms with Gasteiger partial charge in [-0.3, -0.25) is 4.79 Å². The molecule has 4 nitrogen and oxygen atoms in total. The Morgan fingerprint density at radius 3 is 2.50 bits per heavy atom. The number of amides is 1. The molecule has 0 fully saturated rings. The van der Waals surface area contributed by atoms with Gasteiger partial charge in [0.15, 0.2) is 0 Å². The van der Waals surface area contributed by atoms with Gasteiger partial charge in [-0.05, 0) is 42.3 Å². The van der Waals surface area contributed by atoms with Crippen molar-refractivity contribution < 1.29 is 9.53 Å². The van der Waals surface area contributed by atoms with E-state index in [-0.39, 0.29) is 5.91 Å². The molecule has 2 aromatic rings. The minimum absolute atomic E-state index is 0.132. The summed E-state index contributed by atoms with van der Waals surface area (Å²) < 4.78 is 5.09. The molecule has 0 heterocycles. The van der Waals surface area contributed by atoms with Crippen molar-refractivity contribution in [2.24, 2.45) is 0 Å². The number of nitrogens with two attached hydrogens (primary N) is 1. The molecule has 0 spiro atoms. The maximum Gasteiger partial charge on any atom is 0.251 e. The van der Waals surface area contributed by atoms with Crippen LogP contribution < -0.4 is 15.8 Å². The molecule has 0 bridgehead atoms. The molecule has 4 heteroatoms. The van der Waals surface area contributed by atoms with Gasteiger partial charge in [0.1, 0.15) is 5.75 Å². The molecular formula is C16H18N2O2. The van der Waals surface area contributed by atoms with Crippen LogP contribution in [0.4, 0.5) is 5.69 Å². The lowest BCUT2D eigenvalue weighted by molar-refractivity contribution is 0.0951. The number of carbonyl (C=O) groups is 1. The number of benzene rings is 2. The molecule has 1 amide bonds. The van der Waals surface area contributed by atoms with Crippen LogP contribution in [0.3, 0.4) is 0 Å². The van der Waals surface area contributed by atoms with Crippen molar-refractivity contribution >= 4 is 11.6 Å². The van der Waals surface area contributed by atoms with Crippen molar-refractivity contribution in [2.45, 2.75) is 13.5 Å². The fraction of sp³-hybridized carbons (Fsp3) is 0.188. The summed E-state index contributed by atoms with van der Waals surface area (Å²) in [4.78, 5) is 12.0. The summed E-state index contributed by atoms with van der Waals surface area (Å²) in [6, 6.07) is 12.9. The molecule has 0 saturated carbocycles. The van der Waals surface area contributed by atoms with E-state index in [0.29, 0.717) is 17.8 Å². The van der Waals surface area contributed by atoms with Crippen molar-refractivity contribution in [1.82, 2.24) is 5.32 Å². The van der Waals surface area contributed by atoms with Crippen LogP contribution in [-0.4, -0.2) is 13.0 Å². The fourth-order valence-electron chi connectivity index (χ4n) is 1.81. The molecule has 0 radical (unpaired) electrons. The van der Waals surface area contributed by atoms with E-state index in [0.717, 1.165) is 16.9 Å². The number of hydrogen-bond acceptors (Lipinski definition) is 3. The minimum Gasteiger partial charge on any atom is -0.497 e. The summed E-state index contributed by atoms with van der Waals surface area (Å²) >= 11 is 0. The molecule has 0 saturated heterocycles. The third kappa shape index (κ3) is 3.29. The molecule has 20 heavy (non-hydrogen) atoms. The lowest BCUT2D eigenvalue weighted by atomic mass is 10.1. The number of rotatable bonds is 4. The Hall–Kier alpha value is -2.49. The van der Waals surface area contributed by atoms with Gasteiger partial charge in [-0.25, -0.2) is 0 Å². The highest BCUT2D eigenvalue weighted by molar-refractivity contribution is 5.95. The summed E-state index contributed by atoms with van der Waals surface area (Å²) in [6.45, 7) is 2.38. The van der Waals surface area contributed by atoms with E-state index in [2.05, 4.69) is 5.32 Å². The van der Waals surface area contributed by atoms with E-state index in [4.69, 9.17) is 10.5 Å². The lowest BCUT2D eigenvalue weighted by Gasteiger charge is -2.08. The SMILES string of the molecule is COc1ccc(CNC(=O)c2ccc(C)c(N)c2)cc1. The molecule has 2 rings (SSSR count). The molecule has 104 valence electrons. The Bertz CT molecular complexity index is 606. The highest BCUT2D eigenvalue weighted by Crippen LogP contribution is 2.14. The molecule has 0 aliphatic carbocycles. The van der Waals surface area contributed by atoms with Crippen molar-refractivity contribution in [3.63, 3.8) is 0 Å². The first-order valence-corrected chi connectivity index (χ1v) is 6.37. The molecule has 0 aromatic heterocycles. The van der Waals surface area contributed by atoms with Gasteiger partial charge < -0.3 is 15.8 Å². The second-order valence-electron chi connectivity index (χ2n) is 4.60. The third-order valence-electron chi connectivity index (χ3n) is 3.15. The Balaban J connectivity index is 1.98. The van der Waals surface area contributed by atoms with Crippen molar-refractivity contribution in [2.75, 3.05) is 12.8 Å². The first-order valence-electron chi connectivity index (χ1n) is 6.37. The normalized spacial score (nSPS) is 10.1. The number of hydrogen-bond donors (Lipinski definition) is 2. The summed E-state index contributed by atoms with van der Waals surface area (Å²) in [5.41, 5.74) is 8.98. The quantitative estimate of drug-likeness (QED) is 0.839. The van der Waals surface area contributed by atoms with Gasteiger partial charge in [-0.2, -0.15) is 0 Å². The number of nitrogen functional groups attached to an aromatic ring is 1. The summed E-state index contributed by atoms with van der Waals surface area (Å²) in [6.07, 6.45) is 0. The number of nitrogens with one attached hydrogen (secondary N) is 1. The Labute approximate surface area is 118 Å². The zero-order chi connectivity index (χ0) is 14.5. The predicted molar refractivity (Wildman–Crippen MR) is 79.8 cm³/mol. The van der Waals surface area contributed by atoms with Gasteiger partial charge in [0.25, 0.3) is 5.91 Å². The molecule has 0 atom stereocenters. The molecule has 0 aliphatic rings. The second-order valence-corrected chi connectivity index (χ2v) is 4.60. The zero-order valence-corrected chi connectivity index (χ0v) is 11.6. The van der Waals surface area contributed by atoms with E-state index < -0.39 is 0 Å². The molecule has 0 unspecified atom stereocenters. The Morgan fingerprint density at radius 2 is 1.90 bits per heavy atom. The zero-order valence-electron chi connectivity index (χ0n) is 11.6. The third-order valence-corrected chi connectivity index (χ3v) is 3.15. The molecule has 2 aromatic carbocycles. The predicted octanol–water partition coefficient (Wildman–Crippen LogP) is 2.52. The number of carbonyl (C=O) groups excluding carboxylic acids is 1. The largest absolute Gasteiger partial charge is 0.497 e.